The van der Waals surface area contributed by atoms with Crippen LogP contribution in [-0.4, -0.2) is 28.2 Å². The van der Waals surface area contributed by atoms with Crippen LogP contribution < -0.4 is 10.6 Å². The largest absolute Gasteiger partial charge is 0.354 e. The zero-order valence-corrected chi connectivity index (χ0v) is 15.7. The minimum atomic E-state index is -0.328. The third-order valence-electron chi connectivity index (χ3n) is 4.21. The van der Waals surface area contributed by atoms with Crippen LogP contribution in [0, 0.1) is 0 Å². The van der Waals surface area contributed by atoms with Gasteiger partial charge in [-0.1, -0.05) is 30.3 Å². The molecule has 2 aromatic carbocycles. The fraction of sp³-hybridized carbons (Fsp3) is 0.182. The molecule has 0 bridgehead atoms. The number of hydrogen-bond acceptors (Lipinski definition) is 5. The summed E-state index contributed by atoms with van der Waals surface area (Å²) in [5, 5.41) is 5.93. The van der Waals surface area contributed by atoms with Crippen LogP contribution >= 0.6 is 0 Å². The highest BCUT2D eigenvalue weighted by atomic mass is 16.2. The van der Waals surface area contributed by atoms with Gasteiger partial charge in [0.05, 0.1) is 0 Å². The van der Waals surface area contributed by atoms with Gasteiger partial charge >= 0.3 is 0 Å². The molecular formula is C22H22N4O2. The SMILES string of the molecule is CC(=O)c1ccc(NC(=O)c2ccnc(NCCCc3ccccc3)n2)cc1. The van der Waals surface area contributed by atoms with E-state index in [0.29, 0.717) is 23.7 Å². The van der Waals surface area contributed by atoms with Crippen LogP contribution in [0.3, 0.4) is 0 Å². The lowest BCUT2D eigenvalue weighted by Crippen LogP contribution is -2.15. The highest BCUT2D eigenvalue weighted by Crippen LogP contribution is 2.12. The van der Waals surface area contributed by atoms with E-state index in [4.69, 9.17) is 0 Å². The summed E-state index contributed by atoms with van der Waals surface area (Å²) in [6.45, 7) is 2.22. The van der Waals surface area contributed by atoms with Crippen molar-refractivity contribution in [3.63, 3.8) is 0 Å². The van der Waals surface area contributed by atoms with Crippen molar-refractivity contribution in [1.82, 2.24) is 9.97 Å². The molecule has 6 nitrogen and oxygen atoms in total. The number of anilines is 2. The Labute approximate surface area is 164 Å². The smallest absolute Gasteiger partial charge is 0.274 e. The average Bonchev–Trinajstić information content (AvgIpc) is 2.72. The minimum Gasteiger partial charge on any atom is -0.354 e. The number of carbonyl (C=O) groups excluding carboxylic acids is 2. The van der Waals surface area contributed by atoms with Crippen LogP contribution in [0.1, 0.15) is 39.8 Å². The van der Waals surface area contributed by atoms with Crippen LogP contribution in [0.25, 0.3) is 0 Å². The Hall–Kier alpha value is -3.54. The Bertz CT molecular complexity index is 940. The molecule has 0 spiro atoms. The number of nitrogens with zero attached hydrogens (tertiary/aromatic N) is 2. The highest BCUT2D eigenvalue weighted by molar-refractivity contribution is 6.03. The fourth-order valence-electron chi connectivity index (χ4n) is 2.69. The lowest BCUT2D eigenvalue weighted by Gasteiger charge is -2.08. The van der Waals surface area contributed by atoms with E-state index < -0.39 is 0 Å². The number of carbonyl (C=O) groups is 2. The van der Waals surface area contributed by atoms with Gasteiger partial charge in [-0.3, -0.25) is 9.59 Å². The molecule has 0 fully saturated rings. The van der Waals surface area contributed by atoms with Crippen molar-refractivity contribution in [1.29, 1.82) is 0 Å². The van der Waals surface area contributed by atoms with Crippen molar-refractivity contribution in [3.8, 4) is 0 Å². The molecule has 0 saturated carbocycles. The summed E-state index contributed by atoms with van der Waals surface area (Å²) in [5.74, 6) is 0.0783. The van der Waals surface area contributed by atoms with Crippen molar-refractivity contribution >= 4 is 23.3 Å². The first-order valence-corrected chi connectivity index (χ1v) is 9.15. The molecule has 1 aromatic heterocycles. The van der Waals surface area contributed by atoms with E-state index in [1.54, 1.807) is 36.5 Å². The molecule has 0 atom stereocenters. The summed E-state index contributed by atoms with van der Waals surface area (Å²) in [5.41, 5.74) is 2.76. The Balaban J connectivity index is 1.53. The van der Waals surface area contributed by atoms with E-state index in [9.17, 15) is 9.59 Å². The van der Waals surface area contributed by atoms with E-state index in [-0.39, 0.29) is 17.4 Å². The van der Waals surface area contributed by atoms with Gasteiger partial charge in [-0.25, -0.2) is 9.97 Å². The molecule has 0 aliphatic carbocycles. The summed E-state index contributed by atoms with van der Waals surface area (Å²) in [4.78, 5) is 32.2. The van der Waals surface area contributed by atoms with E-state index in [1.807, 2.05) is 18.2 Å². The van der Waals surface area contributed by atoms with E-state index >= 15 is 0 Å². The second-order valence-electron chi connectivity index (χ2n) is 6.37. The lowest BCUT2D eigenvalue weighted by atomic mass is 10.1. The zero-order valence-electron chi connectivity index (χ0n) is 15.7. The van der Waals surface area contributed by atoms with Crippen LogP contribution in [-0.2, 0) is 6.42 Å². The Kier molecular flexibility index (Phi) is 6.46. The van der Waals surface area contributed by atoms with Crippen molar-refractivity contribution in [2.24, 2.45) is 0 Å². The third-order valence-corrected chi connectivity index (χ3v) is 4.21. The number of amides is 1. The molecule has 1 heterocycles. The number of Topliss-reactive ketones (excluding diaryl/α,β-unsaturated/α-hetero) is 1. The molecule has 6 heteroatoms. The van der Waals surface area contributed by atoms with E-state index in [1.165, 1.54) is 12.5 Å². The van der Waals surface area contributed by atoms with Crippen molar-refractivity contribution in [3.05, 3.63) is 83.7 Å². The molecule has 0 aliphatic heterocycles. The number of nitrogens with one attached hydrogen (secondary N) is 2. The first-order chi connectivity index (χ1) is 13.6. The average molecular weight is 374 g/mol. The van der Waals surface area contributed by atoms with Gasteiger partial charge in [-0.05, 0) is 55.7 Å². The molecule has 0 radical (unpaired) electrons. The quantitative estimate of drug-likeness (QED) is 0.460. The van der Waals surface area contributed by atoms with Gasteiger partial charge < -0.3 is 10.6 Å². The molecule has 2 N–H and O–H groups in total. The topological polar surface area (TPSA) is 84.0 Å². The fourth-order valence-corrected chi connectivity index (χ4v) is 2.69. The maximum absolute atomic E-state index is 12.4. The summed E-state index contributed by atoms with van der Waals surface area (Å²) in [7, 11) is 0. The summed E-state index contributed by atoms with van der Waals surface area (Å²) < 4.78 is 0. The highest BCUT2D eigenvalue weighted by Gasteiger charge is 2.09. The van der Waals surface area contributed by atoms with Crippen LogP contribution in [0.5, 0.6) is 0 Å². The zero-order chi connectivity index (χ0) is 19.8. The second-order valence-corrected chi connectivity index (χ2v) is 6.37. The van der Waals surface area contributed by atoms with E-state index in [2.05, 4.69) is 32.7 Å². The molecule has 28 heavy (non-hydrogen) atoms. The Morgan fingerprint density at radius 1 is 0.964 bits per heavy atom. The molecule has 1 amide bonds. The number of rotatable bonds is 8. The van der Waals surface area contributed by atoms with Gasteiger partial charge in [0, 0.05) is 24.0 Å². The number of hydrogen-bond donors (Lipinski definition) is 2. The summed E-state index contributed by atoms with van der Waals surface area (Å²) in [6.07, 6.45) is 3.46. The van der Waals surface area contributed by atoms with Gasteiger partial charge in [0.1, 0.15) is 5.69 Å². The third kappa shape index (κ3) is 5.48. The number of benzene rings is 2. The Morgan fingerprint density at radius 3 is 2.43 bits per heavy atom. The second kappa shape index (κ2) is 9.41. The molecule has 0 aliphatic rings. The number of aryl methyl sites for hydroxylation is 1. The maximum atomic E-state index is 12.4. The lowest BCUT2D eigenvalue weighted by molar-refractivity contribution is 0.101. The predicted octanol–water partition coefficient (Wildman–Crippen LogP) is 3.98. The van der Waals surface area contributed by atoms with Gasteiger partial charge in [-0.2, -0.15) is 0 Å². The maximum Gasteiger partial charge on any atom is 0.274 e. The molecular weight excluding hydrogens is 352 g/mol. The first kappa shape index (κ1) is 19.2. The minimum absolute atomic E-state index is 0.0170. The standard InChI is InChI=1S/C22H22N4O2/c1-16(27)18-9-11-19(12-10-18)25-21(28)20-13-15-24-22(26-20)23-14-5-8-17-6-3-2-4-7-17/h2-4,6-7,9-13,15H,5,8,14H2,1H3,(H,25,28)(H,23,24,26). The van der Waals surface area contributed by atoms with Crippen LogP contribution in [0.4, 0.5) is 11.6 Å². The molecule has 3 rings (SSSR count). The Morgan fingerprint density at radius 2 is 1.71 bits per heavy atom. The van der Waals surface area contributed by atoms with Gasteiger partial charge in [0.25, 0.3) is 5.91 Å². The van der Waals surface area contributed by atoms with Crippen LogP contribution in [0.2, 0.25) is 0 Å². The molecule has 0 saturated heterocycles. The summed E-state index contributed by atoms with van der Waals surface area (Å²) >= 11 is 0. The monoisotopic (exact) mass is 374 g/mol. The van der Waals surface area contributed by atoms with Crippen molar-refractivity contribution in [2.75, 3.05) is 17.2 Å². The molecule has 0 unspecified atom stereocenters. The normalized spacial score (nSPS) is 10.3. The van der Waals surface area contributed by atoms with Gasteiger partial charge in [0.15, 0.2) is 5.78 Å². The van der Waals surface area contributed by atoms with Gasteiger partial charge in [-0.15, -0.1) is 0 Å². The van der Waals surface area contributed by atoms with Crippen molar-refractivity contribution < 1.29 is 9.59 Å². The molecule has 142 valence electrons. The van der Waals surface area contributed by atoms with Crippen LogP contribution in [0.15, 0.2) is 66.9 Å². The van der Waals surface area contributed by atoms with E-state index in [0.717, 1.165) is 12.8 Å². The number of ketones is 1. The number of aromatic nitrogens is 2. The summed E-state index contributed by atoms with van der Waals surface area (Å²) in [6, 6.07) is 18.6. The van der Waals surface area contributed by atoms with Gasteiger partial charge in [0.2, 0.25) is 5.95 Å². The molecule has 3 aromatic rings. The van der Waals surface area contributed by atoms with Crippen molar-refractivity contribution in [2.45, 2.75) is 19.8 Å². The first-order valence-electron chi connectivity index (χ1n) is 9.15. The predicted molar refractivity (Wildman–Crippen MR) is 110 cm³/mol.